The molecule has 0 fully saturated rings. The third-order valence-electron chi connectivity index (χ3n) is 0.550. The molecule has 0 heterocycles. The van der Waals surface area contributed by atoms with E-state index in [1.54, 1.807) is 0 Å². The first kappa shape index (κ1) is 8.99. The lowest BCUT2D eigenvalue weighted by Crippen LogP contribution is -2.21. The Morgan fingerprint density at radius 1 is 1.67 bits per heavy atom. The molecule has 0 aromatic carbocycles. The monoisotopic (exact) mass is 155 g/mol. The number of nitrogens with one attached hydrogen (secondary N) is 1. The summed E-state index contributed by atoms with van der Waals surface area (Å²) in [4.78, 5) is 0. The third-order valence-corrected chi connectivity index (χ3v) is 0.870. The van der Waals surface area contributed by atoms with Crippen molar-refractivity contribution >= 4 is 11.4 Å². The maximum Gasteiger partial charge on any atom is 0.303 e. The lowest BCUT2D eigenvalue weighted by atomic mass is 10.7. The standard InChI is InChI=1S/C3H9NO4S/c5-2-1-4-3-8-9(6)7/h4-5H,1-3H2,(H,6,7). The largest absolute Gasteiger partial charge is 0.395 e. The average Bonchev–Trinajstić information content (AvgIpc) is 1.80. The second kappa shape index (κ2) is 6.12. The van der Waals surface area contributed by atoms with Gasteiger partial charge in [0.25, 0.3) is 0 Å². The molecule has 6 heteroatoms. The number of hydrogen-bond donors (Lipinski definition) is 3. The average molecular weight is 155 g/mol. The van der Waals surface area contributed by atoms with Crippen molar-refractivity contribution in [3.63, 3.8) is 0 Å². The minimum Gasteiger partial charge on any atom is -0.395 e. The molecule has 0 aliphatic carbocycles. The number of aliphatic hydroxyl groups is 1. The Labute approximate surface area is 55.5 Å². The van der Waals surface area contributed by atoms with E-state index in [1.165, 1.54) is 0 Å². The molecule has 0 aromatic rings. The van der Waals surface area contributed by atoms with Gasteiger partial charge < -0.3 is 5.11 Å². The summed E-state index contributed by atoms with van der Waals surface area (Å²) < 4.78 is 21.9. The summed E-state index contributed by atoms with van der Waals surface area (Å²) in [5.74, 6) is 0. The molecule has 0 aliphatic rings. The van der Waals surface area contributed by atoms with Gasteiger partial charge in [-0.15, -0.1) is 0 Å². The molecule has 0 rings (SSSR count). The van der Waals surface area contributed by atoms with Gasteiger partial charge in [0, 0.05) is 6.54 Å². The minimum absolute atomic E-state index is 0.0125. The van der Waals surface area contributed by atoms with Gasteiger partial charge in [0.2, 0.25) is 0 Å². The maximum atomic E-state index is 9.75. The van der Waals surface area contributed by atoms with E-state index in [-0.39, 0.29) is 13.3 Å². The van der Waals surface area contributed by atoms with E-state index < -0.39 is 11.4 Å². The van der Waals surface area contributed by atoms with E-state index >= 15 is 0 Å². The fourth-order valence-electron chi connectivity index (χ4n) is 0.243. The van der Waals surface area contributed by atoms with Crippen molar-refractivity contribution < 1.29 is 18.1 Å². The molecule has 5 nitrogen and oxygen atoms in total. The number of aliphatic hydroxyl groups excluding tert-OH is 1. The highest BCUT2D eigenvalue weighted by Gasteiger charge is 1.89. The lowest BCUT2D eigenvalue weighted by molar-refractivity contribution is 0.244. The van der Waals surface area contributed by atoms with Gasteiger partial charge in [0.15, 0.2) is 0 Å². The van der Waals surface area contributed by atoms with Gasteiger partial charge in [0.1, 0.15) is 6.73 Å². The normalized spacial score (nSPS) is 13.6. The van der Waals surface area contributed by atoms with Gasteiger partial charge in [-0.05, 0) is 0 Å². The molecule has 0 spiro atoms. The first-order chi connectivity index (χ1) is 4.27. The van der Waals surface area contributed by atoms with Crippen LogP contribution in [0.1, 0.15) is 0 Å². The van der Waals surface area contributed by atoms with E-state index in [9.17, 15) is 4.21 Å². The van der Waals surface area contributed by atoms with Gasteiger partial charge in [-0.3, -0.25) is 14.1 Å². The van der Waals surface area contributed by atoms with Crippen LogP contribution in [0, 0.1) is 0 Å². The molecular weight excluding hydrogens is 146 g/mol. The smallest absolute Gasteiger partial charge is 0.303 e. The first-order valence-corrected chi connectivity index (χ1v) is 3.36. The van der Waals surface area contributed by atoms with Crippen LogP contribution in [0.15, 0.2) is 0 Å². The van der Waals surface area contributed by atoms with E-state index in [0.29, 0.717) is 6.54 Å². The van der Waals surface area contributed by atoms with Crippen molar-refractivity contribution in [2.24, 2.45) is 0 Å². The molecule has 1 atom stereocenters. The lowest BCUT2D eigenvalue weighted by Gasteiger charge is -1.98. The van der Waals surface area contributed by atoms with E-state index in [1.807, 2.05) is 0 Å². The fraction of sp³-hybridized carbons (Fsp3) is 1.00. The first-order valence-electron chi connectivity index (χ1n) is 2.33. The highest BCUT2D eigenvalue weighted by molar-refractivity contribution is 7.74. The Bertz CT molecular complexity index is 87.9. The Hall–Kier alpha value is -0.0100. The second-order valence-corrected chi connectivity index (χ2v) is 1.87. The highest BCUT2D eigenvalue weighted by Crippen LogP contribution is 1.72. The molecular formula is C3H9NO4S. The van der Waals surface area contributed by atoms with Crippen LogP contribution in [-0.2, 0) is 15.5 Å². The summed E-state index contributed by atoms with van der Waals surface area (Å²) in [7, 11) is 0. The molecule has 0 aromatic heterocycles. The van der Waals surface area contributed by atoms with Crippen LogP contribution >= 0.6 is 0 Å². The summed E-state index contributed by atoms with van der Waals surface area (Å²) in [6.45, 7) is 0.322. The molecule has 0 bridgehead atoms. The molecule has 0 radical (unpaired) electrons. The van der Waals surface area contributed by atoms with Gasteiger partial charge in [-0.2, -0.15) is 4.21 Å². The molecule has 0 saturated carbocycles. The van der Waals surface area contributed by atoms with E-state index in [4.69, 9.17) is 9.66 Å². The maximum absolute atomic E-state index is 9.75. The van der Waals surface area contributed by atoms with Crippen LogP contribution in [-0.4, -0.2) is 33.8 Å². The van der Waals surface area contributed by atoms with Gasteiger partial charge in [-0.1, -0.05) is 0 Å². The zero-order chi connectivity index (χ0) is 7.11. The predicted molar refractivity (Wildman–Crippen MR) is 31.8 cm³/mol. The van der Waals surface area contributed by atoms with E-state index in [2.05, 4.69) is 9.50 Å². The van der Waals surface area contributed by atoms with Crippen LogP contribution in [0.4, 0.5) is 0 Å². The quantitative estimate of drug-likeness (QED) is 0.261. The second-order valence-electron chi connectivity index (χ2n) is 1.20. The Morgan fingerprint density at radius 3 is 2.78 bits per heavy atom. The molecule has 0 aliphatic heterocycles. The van der Waals surface area contributed by atoms with Crippen molar-refractivity contribution in [3.05, 3.63) is 0 Å². The van der Waals surface area contributed by atoms with Crippen LogP contribution < -0.4 is 5.32 Å². The summed E-state index contributed by atoms with van der Waals surface area (Å²) in [5.41, 5.74) is 0. The zero-order valence-electron chi connectivity index (χ0n) is 4.74. The Morgan fingerprint density at radius 2 is 2.33 bits per heavy atom. The van der Waals surface area contributed by atoms with Crippen LogP contribution in [0.3, 0.4) is 0 Å². The van der Waals surface area contributed by atoms with Crippen molar-refractivity contribution in [2.75, 3.05) is 19.9 Å². The molecule has 0 saturated heterocycles. The van der Waals surface area contributed by atoms with Crippen LogP contribution in [0.5, 0.6) is 0 Å². The summed E-state index contributed by atoms with van der Waals surface area (Å²) in [6.07, 6.45) is 0. The van der Waals surface area contributed by atoms with E-state index in [0.717, 1.165) is 0 Å². The van der Waals surface area contributed by atoms with Crippen molar-refractivity contribution in [1.82, 2.24) is 5.32 Å². The summed E-state index contributed by atoms with van der Waals surface area (Å²) >= 11 is -2.21. The van der Waals surface area contributed by atoms with Crippen molar-refractivity contribution in [1.29, 1.82) is 0 Å². The van der Waals surface area contributed by atoms with Crippen LogP contribution in [0.25, 0.3) is 0 Å². The van der Waals surface area contributed by atoms with Crippen LogP contribution in [0.2, 0.25) is 0 Å². The minimum atomic E-state index is -2.21. The third kappa shape index (κ3) is 7.99. The highest BCUT2D eigenvalue weighted by atomic mass is 32.2. The SMILES string of the molecule is O=S(O)OCNCCO. The molecule has 0 amide bonds. The Kier molecular flexibility index (Phi) is 6.11. The van der Waals surface area contributed by atoms with Gasteiger partial charge in [-0.25, -0.2) is 0 Å². The summed E-state index contributed by atoms with van der Waals surface area (Å²) in [6, 6.07) is 0. The summed E-state index contributed by atoms with van der Waals surface area (Å²) in [5, 5.41) is 10.7. The fourth-order valence-corrected chi connectivity index (χ4v) is 0.427. The number of hydrogen-bond acceptors (Lipinski definition) is 4. The zero-order valence-corrected chi connectivity index (χ0v) is 5.56. The molecule has 56 valence electrons. The van der Waals surface area contributed by atoms with Gasteiger partial charge >= 0.3 is 11.4 Å². The molecule has 3 N–H and O–H groups in total. The molecule has 1 unspecified atom stereocenters. The van der Waals surface area contributed by atoms with Crippen molar-refractivity contribution in [3.8, 4) is 0 Å². The number of rotatable bonds is 5. The Balaban J connectivity index is 2.83. The topological polar surface area (TPSA) is 78.8 Å². The molecule has 9 heavy (non-hydrogen) atoms. The predicted octanol–water partition coefficient (Wildman–Crippen LogP) is -1.32. The van der Waals surface area contributed by atoms with Crippen molar-refractivity contribution in [2.45, 2.75) is 0 Å². The van der Waals surface area contributed by atoms with Gasteiger partial charge in [0.05, 0.1) is 6.61 Å².